The molecule has 11 rings (SSSR count). The third kappa shape index (κ3) is 4.88. The van der Waals surface area contributed by atoms with Crippen LogP contribution in [0.2, 0.25) is 0 Å². The molecule has 0 N–H and O–H groups in total. The van der Waals surface area contributed by atoms with Gasteiger partial charge in [-0.25, -0.2) is 0 Å². The molecule has 0 amide bonds. The summed E-state index contributed by atoms with van der Waals surface area (Å²) in [6.07, 6.45) is 0. The maximum Gasteiger partial charge on any atom is -0.00197 e. The summed E-state index contributed by atoms with van der Waals surface area (Å²) in [5, 5.41) is 21.8. The lowest BCUT2D eigenvalue weighted by atomic mass is 9.89. The minimum atomic E-state index is 0.417. The van der Waals surface area contributed by atoms with E-state index in [1.165, 1.54) is 153 Å². The van der Waals surface area contributed by atoms with Gasteiger partial charge in [-0.3, -0.25) is 0 Å². The van der Waals surface area contributed by atoms with Gasteiger partial charge in [0.15, 0.2) is 0 Å². The number of hydrogen-bond acceptors (Lipinski definition) is 0. The molecule has 0 bridgehead atoms. The van der Waals surface area contributed by atoms with E-state index in [1.54, 1.807) is 0 Å². The molecule has 11 aromatic rings. The van der Waals surface area contributed by atoms with E-state index in [2.05, 4.69) is 178 Å². The van der Waals surface area contributed by atoms with Gasteiger partial charge < -0.3 is 0 Å². The Morgan fingerprint density at radius 2 is 0.552 bits per heavy atom. The van der Waals surface area contributed by atoms with Gasteiger partial charge in [-0.2, -0.15) is 0 Å². The Labute approximate surface area is 341 Å². The predicted molar refractivity (Wildman–Crippen MR) is 256 cm³/mol. The smallest absolute Gasteiger partial charge is 0.00197 e. The molecule has 0 nitrogen and oxygen atoms in total. The molecule has 0 radical (unpaired) electrons. The molecule has 0 aliphatic rings. The topological polar surface area (TPSA) is 0 Å². The number of benzene rings is 9. The van der Waals surface area contributed by atoms with Crippen LogP contribution in [0.3, 0.4) is 0 Å². The van der Waals surface area contributed by atoms with Crippen LogP contribution in [-0.4, -0.2) is 0 Å². The summed E-state index contributed by atoms with van der Waals surface area (Å²) in [7, 11) is 0. The fourth-order valence-corrected chi connectivity index (χ4v) is 11.3. The van der Waals surface area contributed by atoms with Crippen molar-refractivity contribution in [2.45, 2.75) is 81.1 Å². The molecule has 0 saturated carbocycles. The summed E-state index contributed by atoms with van der Waals surface area (Å²) >= 11 is 0. The van der Waals surface area contributed by atoms with Gasteiger partial charge in [0, 0.05) is 0 Å². The Balaban J connectivity index is 1.26. The molecule has 0 aliphatic heterocycles. The monoisotopic (exact) mass is 746 g/mol. The van der Waals surface area contributed by atoms with Gasteiger partial charge in [-0.1, -0.05) is 124 Å². The molecular formula is C58H50. The van der Waals surface area contributed by atoms with E-state index in [1.807, 2.05) is 0 Å². The number of fused-ring (bicyclic) bond motifs is 11. The van der Waals surface area contributed by atoms with Crippen LogP contribution in [0, 0.1) is 41.5 Å². The highest BCUT2D eigenvalue weighted by Crippen LogP contribution is 2.49. The van der Waals surface area contributed by atoms with Crippen molar-refractivity contribution in [1.82, 2.24) is 0 Å². The molecule has 0 fully saturated rings. The van der Waals surface area contributed by atoms with Crippen LogP contribution in [0.4, 0.5) is 0 Å². The zero-order valence-corrected chi connectivity index (χ0v) is 35.5. The van der Waals surface area contributed by atoms with Gasteiger partial charge in [-0.15, -0.1) is 0 Å². The first kappa shape index (κ1) is 35.2. The Morgan fingerprint density at radius 3 is 0.879 bits per heavy atom. The van der Waals surface area contributed by atoms with E-state index in [4.69, 9.17) is 0 Å². The number of aryl methyl sites for hydroxylation is 6. The van der Waals surface area contributed by atoms with Crippen LogP contribution < -0.4 is 0 Å². The lowest BCUT2D eigenvalue weighted by molar-refractivity contribution is 0.870. The van der Waals surface area contributed by atoms with Crippen LogP contribution in [0.25, 0.3) is 108 Å². The molecule has 0 spiro atoms. The minimum Gasteiger partial charge on any atom is -0.0587 e. The van der Waals surface area contributed by atoms with Gasteiger partial charge in [0.2, 0.25) is 0 Å². The quantitative estimate of drug-likeness (QED) is 0.157. The fraction of sp³-hybridized carbons (Fsp3) is 0.207. The normalized spacial score (nSPS) is 12.6. The highest BCUT2D eigenvalue weighted by Gasteiger charge is 2.22. The van der Waals surface area contributed by atoms with E-state index in [9.17, 15) is 0 Å². The Kier molecular flexibility index (Phi) is 7.44. The standard InChI is InChI=1S/C58H50/c1-29(2)39-23-49-43-15-16-44-48(47(43)27-53-41-13-11-37(21-45(41)51(25-39)57(49)53)55-33(7)17-31(5)18-34(55)8)28-54-42-14-12-38(56-35(9)19-32(6)20-36(56)10)22-46(42)52-26-40(30(3)4)24-50(44)58(52)54/h11-30H,1-10H3. The highest BCUT2D eigenvalue weighted by molar-refractivity contribution is 6.40. The summed E-state index contributed by atoms with van der Waals surface area (Å²) in [5.74, 6) is 0.833. The third-order valence-corrected chi connectivity index (χ3v) is 13.8. The minimum absolute atomic E-state index is 0.417. The van der Waals surface area contributed by atoms with Crippen molar-refractivity contribution in [3.05, 3.63) is 154 Å². The van der Waals surface area contributed by atoms with E-state index in [0.29, 0.717) is 11.8 Å². The summed E-state index contributed by atoms with van der Waals surface area (Å²) in [5.41, 5.74) is 16.1. The van der Waals surface area contributed by atoms with Gasteiger partial charge in [0.05, 0.1) is 0 Å². The van der Waals surface area contributed by atoms with Gasteiger partial charge >= 0.3 is 0 Å². The molecular weight excluding hydrogens is 697 g/mol. The molecule has 11 aromatic carbocycles. The predicted octanol–water partition coefficient (Wildman–Crippen LogP) is 17.2. The molecule has 58 heavy (non-hydrogen) atoms. The zero-order chi connectivity index (χ0) is 40.0. The van der Waals surface area contributed by atoms with Crippen molar-refractivity contribution in [2.24, 2.45) is 0 Å². The Bertz CT molecular complexity index is 3270. The van der Waals surface area contributed by atoms with Gasteiger partial charge in [0.1, 0.15) is 0 Å². The Morgan fingerprint density at radius 1 is 0.276 bits per heavy atom. The maximum absolute atomic E-state index is 2.54. The van der Waals surface area contributed by atoms with Crippen LogP contribution >= 0.6 is 0 Å². The zero-order valence-electron chi connectivity index (χ0n) is 35.5. The van der Waals surface area contributed by atoms with E-state index in [0.717, 1.165) is 0 Å². The van der Waals surface area contributed by atoms with E-state index in [-0.39, 0.29) is 0 Å². The Hall–Kier alpha value is -5.98. The summed E-state index contributed by atoms with van der Waals surface area (Å²) < 4.78 is 0. The van der Waals surface area contributed by atoms with Crippen molar-refractivity contribution in [1.29, 1.82) is 0 Å². The molecule has 0 heteroatoms. The lowest BCUT2D eigenvalue weighted by Gasteiger charge is -2.15. The van der Waals surface area contributed by atoms with Crippen molar-refractivity contribution in [2.75, 3.05) is 0 Å². The number of hydrogen-bond donors (Lipinski definition) is 0. The average molecular weight is 747 g/mol. The maximum atomic E-state index is 2.54. The van der Waals surface area contributed by atoms with Crippen molar-refractivity contribution in [3.63, 3.8) is 0 Å². The second kappa shape index (κ2) is 12.3. The van der Waals surface area contributed by atoms with Gasteiger partial charge in [-0.05, 0) is 219 Å². The van der Waals surface area contributed by atoms with E-state index >= 15 is 0 Å². The largest absolute Gasteiger partial charge is 0.0587 e. The first-order valence-corrected chi connectivity index (χ1v) is 21.3. The summed E-state index contributed by atoms with van der Waals surface area (Å²) in [6, 6.07) is 43.7. The summed E-state index contributed by atoms with van der Waals surface area (Å²) in [6.45, 7) is 22.8. The van der Waals surface area contributed by atoms with Crippen LogP contribution in [0.1, 0.15) is 84.0 Å². The second-order valence-corrected chi connectivity index (χ2v) is 18.5. The van der Waals surface area contributed by atoms with E-state index < -0.39 is 0 Å². The summed E-state index contributed by atoms with van der Waals surface area (Å²) in [4.78, 5) is 0. The lowest BCUT2D eigenvalue weighted by Crippen LogP contribution is -1.90. The number of rotatable bonds is 4. The second-order valence-electron chi connectivity index (χ2n) is 18.5. The van der Waals surface area contributed by atoms with Crippen molar-refractivity contribution < 1.29 is 0 Å². The first-order chi connectivity index (χ1) is 27.9. The molecule has 282 valence electrons. The van der Waals surface area contributed by atoms with Crippen LogP contribution in [0.5, 0.6) is 0 Å². The van der Waals surface area contributed by atoms with Crippen molar-refractivity contribution in [3.8, 4) is 22.3 Å². The molecule has 0 aliphatic carbocycles. The molecule has 0 atom stereocenters. The molecule has 0 aromatic heterocycles. The first-order valence-electron chi connectivity index (χ1n) is 21.3. The highest BCUT2D eigenvalue weighted by atomic mass is 14.3. The SMILES string of the molecule is Cc1cc(C)c(-c2ccc3c(c2)c2cc(C(C)C)cc4c5ccc6c(cc7c8ccc(-c9c(C)cc(C)cc9C)cc8c8cc(C(C)C)cc6c87)c5cc3c42)c(C)c1. The fourth-order valence-electron chi connectivity index (χ4n) is 11.3. The average Bonchev–Trinajstić information content (AvgIpc) is 3.66. The van der Waals surface area contributed by atoms with Gasteiger partial charge in [0.25, 0.3) is 0 Å². The van der Waals surface area contributed by atoms with Crippen LogP contribution in [-0.2, 0) is 0 Å². The molecule has 0 saturated heterocycles. The molecule has 0 unspecified atom stereocenters. The van der Waals surface area contributed by atoms with Crippen molar-refractivity contribution >= 4 is 86.2 Å². The van der Waals surface area contributed by atoms with Crippen LogP contribution in [0.15, 0.2) is 109 Å². The molecule has 0 heterocycles. The third-order valence-electron chi connectivity index (χ3n) is 13.8.